The van der Waals surface area contributed by atoms with Gasteiger partial charge in [0, 0.05) is 0 Å². The number of imide groups is 1. The average Bonchev–Trinajstić information content (AvgIpc) is 2.27. The molecule has 0 aliphatic rings. The van der Waals surface area contributed by atoms with Gasteiger partial charge in [-0.25, -0.2) is 4.79 Å². The minimum atomic E-state index is -1.24. The maximum Gasteiger partial charge on any atom is 0.414 e. The lowest BCUT2D eigenvalue weighted by Crippen LogP contribution is -2.39. The van der Waals surface area contributed by atoms with Crippen molar-refractivity contribution in [3.63, 3.8) is 0 Å². The van der Waals surface area contributed by atoms with Gasteiger partial charge in [0.25, 0.3) is 0 Å². The number of amides is 3. The van der Waals surface area contributed by atoms with E-state index in [-0.39, 0.29) is 6.61 Å². The molecule has 0 saturated carbocycles. The van der Waals surface area contributed by atoms with Gasteiger partial charge in [0.05, 0.1) is 0 Å². The summed E-state index contributed by atoms with van der Waals surface area (Å²) in [4.78, 5) is 32.0. The first-order valence-electron chi connectivity index (χ1n) is 4.41. The van der Waals surface area contributed by atoms with Crippen LogP contribution in [0, 0.1) is 0 Å². The standard InChI is InChI=1S/C10H10N2O4/c11-8(13)9(14)12-10(15)16-6-7-4-2-1-3-5-7/h1-5H,6H2,(H2,11,13)(H,12,14,15). The summed E-state index contributed by atoms with van der Waals surface area (Å²) in [6.07, 6.45) is -1.01. The second-order valence-electron chi connectivity index (χ2n) is 2.88. The molecule has 1 rings (SSSR count). The number of alkyl carbamates (subject to hydrolysis) is 1. The monoisotopic (exact) mass is 222 g/mol. The first-order chi connectivity index (χ1) is 7.59. The van der Waals surface area contributed by atoms with Crippen LogP contribution >= 0.6 is 0 Å². The second-order valence-corrected chi connectivity index (χ2v) is 2.88. The van der Waals surface area contributed by atoms with E-state index in [0.29, 0.717) is 0 Å². The highest BCUT2D eigenvalue weighted by atomic mass is 16.5. The molecule has 16 heavy (non-hydrogen) atoms. The Balaban J connectivity index is 2.36. The quantitative estimate of drug-likeness (QED) is 0.684. The largest absolute Gasteiger partial charge is 0.444 e. The van der Waals surface area contributed by atoms with Crippen molar-refractivity contribution in [1.29, 1.82) is 0 Å². The predicted molar refractivity (Wildman–Crippen MR) is 54.0 cm³/mol. The molecule has 3 N–H and O–H groups in total. The van der Waals surface area contributed by atoms with Gasteiger partial charge < -0.3 is 10.5 Å². The first kappa shape index (κ1) is 11.7. The molecule has 0 spiro atoms. The predicted octanol–water partition coefficient (Wildman–Crippen LogP) is -0.0753. The Labute approximate surface area is 91.4 Å². The maximum absolute atomic E-state index is 11.0. The lowest BCUT2D eigenvalue weighted by Gasteiger charge is -2.04. The summed E-state index contributed by atoms with van der Waals surface area (Å²) in [5.74, 6) is -2.44. The van der Waals surface area contributed by atoms with E-state index in [4.69, 9.17) is 0 Å². The number of benzene rings is 1. The Kier molecular flexibility index (Phi) is 4.02. The Hall–Kier alpha value is -2.37. The summed E-state index contributed by atoms with van der Waals surface area (Å²) in [5, 5.41) is 1.67. The van der Waals surface area contributed by atoms with Gasteiger partial charge >= 0.3 is 17.9 Å². The van der Waals surface area contributed by atoms with Crippen LogP contribution in [0.4, 0.5) is 4.79 Å². The molecule has 6 heteroatoms. The number of hydrogen-bond acceptors (Lipinski definition) is 4. The maximum atomic E-state index is 11.0. The number of hydrogen-bond donors (Lipinski definition) is 2. The first-order valence-corrected chi connectivity index (χ1v) is 4.41. The fourth-order valence-corrected chi connectivity index (χ4v) is 0.913. The van der Waals surface area contributed by atoms with Crippen LogP contribution in [-0.4, -0.2) is 17.9 Å². The van der Waals surface area contributed by atoms with Crippen LogP contribution < -0.4 is 11.1 Å². The minimum absolute atomic E-state index is 0.0126. The molecular formula is C10H10N2O4. The zero-order valence-corrected chi connectivity index (χ0v) is 8.30. The second kappa shape index (κ2) is 5.50. The third-order valence-electron chi connectivity index (χ3n) is 1.65. The van der Waals surface area contributed by atoms with E-state index in [2.05, 4.69) is 10.5 Å². The SMILES string of the molecule is NC(=O)C(=O)NC(=O)OCc1ccccc1. The highest BCUT2D eigenvalue weighted by Gasteiger charge is 2.13. The van der Waals surface area contributed by atoms with Crippen molar-refractivity contribution >= 4 is 17.9 Å². The van der Waals surface area contributed by atoms with E-state index >= 15 is 0 Å². The van der Waals surface area contributed by atoms with Gasteiger partial charge in [0.2, 0.25) is 0 Å². The van der Waals surface area contributed by atoms with E-state index in [1.165, 1.54) is 0 Å². The molecule has 0 aliphatic carbocycles. The van der Waals surface area contributed by atoms with Gasteiger partial charge in [-0.15, -0.1) is 0 Å². The van der Waals surface area contributed by atoms with E-state index in [1.807, 2.05) is 6.07 Å². The molecule has 0 heterocycles. The number of ether oxygens (including phenoxy) is 1. The van der Waals surface area contributed by atoms with Gasteiger partial charge in [-0.05, 0) is 5.56 Å². The molecule has 0 unspecified atom stereocenters. The molecule has 6 nitrogen and oxygen atoms in total. The highest BCUT2D eigenvalue weighted by Crippen LogP contribution is 2.00. The fourth-order valence-electron chi connectivity index (χ4n) is 0.913. The fraction of sp³-hybridized carbons (Fsp3) is 0.100. The van der Waals surface area contributed by atoms with Crippen LogP contribution in [0.1, 0.15) is 5.56 Å². The Morgan fingerprint density at radius 1 is 1.19 bits per heavy atom. The van der Waals surface area contributed by atoms with Gasteiger partial charge in [0.1, 0.15) is 6.61 Å². The van der Waals surface area contributed by atoms with Crippen LogP contribution in [0.25, 0.3) is 0 Å². The van der Waals surface area contributed by atoms with Crippen molar-refractivity contribution in [3.8, 4) is 0 Å². The third kappa shape index (κ3) is 3.79. The lowest BCUT2D eigenvalue weighted by molar-refractivity contribution is -0.136. The molecule has 3 amide bonds. The molecule has 0 aromatic heterocycles. The number of primary amides is 1. The van der Waals surface area contributed by atoms with Crippen molar-refractivity contribution < 1.29 is 19.1 Å². The molecule has 1 aromatic rings. The van der Waals surface area contributed by atoms with Gasteiger partial charge in [-0.2, -0.15) is 0 Å². The zero-order valence-electron chi connectivity index (χ0n) is 8.30. The molecule has 0 aliphatic heterocycles. The molecule has 0 atom stereocenters. The summed E-state index contributed by atoms with van der Waals surface area (Å²) in [6, 6.07) is 8.89. The smallest absolute Gasteiger partial charge is 0.414 e. The van der Waals surface area contributed by atoms with Crippen LogP contribution in [0.15, 0.2) is 30.3 Å². The summed E-state index contributed by atoms with van der Waals surface area (Å²) in [5.41, 5.74) is 5.40. The van der Waals surface area contributed by atoms with Crippen molar-refractivity contribution in [3.05, 3.63) is 35.9 Å². The Morgan fingerprint density at radius 3 is 2.38 bits per heavy atom. The summed E-state index contributed by atoms with van der Waals surface area (Å²) >= 11 is 0. The van der Waals surface area contributed by atoms with Gasteiger partial charge in [-0.3, -0.25) is 14.9 Å². The lowest BCUT2D eigenvalue weighted by atomic mass is 10.2. The molecule has 0 bridgehead atoms. The number of carbonyl (C=O) groups excluding carboxylic acids is 3. The van der Waals surface area contributed by atoms with E-state index in [1.54, 1.807) is 29.6 Å². The number of nitrogens with one attached hydrogen (secondary N) is 1. The van der Waals surface area contributed by atoms with Crippen LogP contribution in [0.2, 0.25) is 0 Å². The number of rotatable bonds is 2. The average molecular weight is 222 g/mol. The minimum Gasteiger partial charge on any atom is -0.444 e. The van der Waals surface area contributed by atoms with Crippen LogP contribution in [0.3, 0.4) is 0 Å². The van der Waals surface area contributed by atoms with E-state index < -0.39 is 17.9 Å². The molecular weight excluding hydrogens is 212 g/mol. The number of nitrogens with two attached hydrogens (primary N) is 1. The Bertz CT molecular complexity index is 403. The van der Waals surface area contributed by atoms with Crippen molar-refractivity contribution in [2.24, 2.45) is 5.73 Å². The summed E-state index contributed by atoms with van der Waals surface area (Å²) in [7, 11) is 0. The van der Waals surface area contributed by atoms with Crippen molar-refractivity contribution in [2.45, 2.75) is 6.61 Å². The molecule has 0 radical (unpaired) electrons. The topological polar surface area (TPSA) is 98.5 Å². The number of carbonyl (C=O) groups is 3. The van der Waals surface area contributed by atoms with E-state index in [9.17, 15) is 14.4 Å². The molecule has 1 aromatic carbocycles. The normalized spacial score (nSPS) is 9.25. The van der Waals surface area contributed by atoms with Crippen molar-refractivity contribution in [1.82, 2.24) is 5.32 Å². The van der Waals surface area contributed by atoms with Crippen LogP contribution in [0.5, 0.6) is 0 Å². The van der Waals surface area contributed by atoms with Crippen molar-refractivity contribution in [2.75, 3.05) is 0 Å². The zero-order chi connectivity index (χ0) is 12.0. The molecule has 0 saturated heterocycles. The molecule has 84 valence electrons. The molecule has 0 fully saturated rings. The van der Waals surface area contributed by atoms with E-state index in [0.717, 1.165) is 5.56 Å². The summed E-state index contributed by atoms with van der Waals surface area (Å²) in [6.45, 7) is 0.0126. The highest BCUT2D eigenvalue weighted by molar-refractivity contribution is 6.36. The van der Waals surface area contributed by atoms with Gasteiger partial charge in [-0.1, -0.05) is 30.3 Å². The third-order valence-corrected chi connectivity index (χ3v) is 1.65. The summed E-state index contributed by atoms with van der Waals surface area (Å²) < 4.78 is 4.67. The Morgan fingerprint density at radius 2 is 1.81 bits per heavy atom. The van der Waals surface area contributed by atoms with Crippen LogP contribution in [-0.2, 0) is 20.9 Å². The van der Waals surface area contributed by atoms with Gasteiger partial charge in [0.15, 0.2) is 0 Å².